The standard InChI is InChI=1S/C56H37N3O/c1-34-13-11-16-38(31-34)50-33-49(36-14-3-2-4-15-36)57-56(58-50)37-27-25-35(26-28-37)40-22-12-23-47-52-46-21-9-10-24-51(46)60-55(52)53(59-54(40)47)39-29-30-45-43-19-6-5-17-41(43)42-18-7-8-20-44(42)48(45)32-39/h2-12,14-34H,13H2,1H3. The van der Waals surface area contributed by atoms with E-state index in [4.69, 9.17) is 19.4 Å². The van der Waals surface area contributed by atoms with Gasteiger partial charge in [0.15, 0.2) is 11.4 Å². The van der Waals surface area contributed by atoms with E-state index in [1.807, 2.05) is 12.1 Å². The van der Waals surface area contributed by atoms with E-state index in [1.165, 1.54) is 32.3 Å². The van der Waals surface area contributed by atoms with E-state index in [2.05, 4.69) is 183 Å². The van der Waals surface area contributed by atoms with Gasteiger partial charge < -0.3 is 4.42 Å². The van der Waals surface area contributed by atoms with Crippen LogP contribution in [0, 0.1) is 5.92 Å². The molecule has 8 aromatic carbocycles. The number of para-hydroxylation sites is 2. The van der Waals surface area contributed by atoms with Crippen molar-refractivity contribution in [1.82, 2.24) is 15.0 Å². The quantitative estimate of drug-likeness (QED) is 0.164. The SMILES string of the molecule is CC1C=C(c2cc(-c3ccccc3)nc(-c3ccc(-c4cccc5c4nc(-c4ccc6c7ccccc7c7ccccc7c6c4)c4oc6ccccc6c45)cc3)n2)C=CC1. The summed E-state index contributed by atoms with van der Waals surface area (Å²) in [6.07, 6.45) is 7.78. The maximum atomic E-state index is 6.74. The van der Waals surface area contributed by atoms with Crippen LogP contribution >= 0.6 is 0 Å². The van der Waals surface area contributed by atoms with Crippen LogP contribution in [-0.4, -0.2) is 15.0 Å². The van der Waals surface area contributed by atoms with Crippen molar-refractivity contribution in [2.75, 3.05) is 0 Å². The summed E-state index contributed by atoms with van der Waals surface area (Å²) in [6, 6.07) is 60.1. The molecule has 4 heteroatoms. The zero-order chi connectivity index (χ0) is 39.7. The molecule has 0 saturated heterocycles. The number of benzene rings is 8. The fourth-order valence-electron chi connectivity index (χ4n) is 9.28. The van der Waals surface area contributed by atoms with Crippen molar-refractivity contribution in [3.05, 3.63) is 194 Å². The fourth-order valence-corrected chi connectivity index (χ4v) is 9.28. The van der Waals surface area contributed by atoms with Crippen LogP contribution in [0.2, 0.25) is 0 Å². The topological polar surface area (TPSA) is 51.8 Å². The highest BCUT2D eigenvalue weighted by atomic mass is 16.3. The zero-order valence-corrected chi connectivity index (χ0v) is 32.9. The highest BCUT2D eigenvalue weighted by molar-refractivity contribution is 6.27. The number of hydrogen-bond acceptors (Lipinski definition) is 4. The Kier molecular flexibility index (Phi) is 7.85. The van der Waals surface area contributed by atoms with E-state index < -0.39 is 0 Å². The molecular formula is C56H37N3O. The second-order valence-electron chi connectivity index (χ2n) is 16.0. The maximum absolute atomic E-state index is 6.74. The van der Waals surface area contributed by atoms with Gasteiger partial charge in [-0.05, 0) is 74.0 Å². The lowest BCUT2D eigenvalue weighted by molar-refractivity contribution is 0.669. The molecule has 1 aliphatic carbocycles. The Bertz CT molecular complexity index is 3540. The van der Waals surface area contributed by atoms with Crippen molar-refractivity contribution in [2.24, 2.45) is 5.92 Å². The van der Waals surface area contributed by atoms with E-state index >= 15 is 0 Å². The number of allylic oxidation sites excluding steroid dienone is 4. The highest BCUT2D eigenvalue weighted by Gasteiger charge is 2.21. The van der Waals surface area contributed by atoms with Crippen LogP contribution in [0.3, 0.4) is 0 Å². The highest BCUT2D eigenvalue weighted by Crippen LogP contribution is 2.44. The summed E-state index contributed by atoms with van der Waals surface area (Å²) in [5, 5.41) is 10.6. The van der Waals surface area contributed by atoms with Crippen LogP contribution in [0.4, 0.5) is 0 Å². The van der Waals surface area contributed by atoms with Gasteiger partial charge in [-0.3, -0.25) is 0 Å². The lowest BCUT2D eigenvalue weighted by atomic mass is 9.92. The third-order valence-electron chi connectivity index (χ3n) is 12.2. The molecule has 11 aromatic rings. The van der Waals surface area contributed by atoms with Crippen LogP contribution < -0.4 is 0 Å². The molecule has 0 aliphatic heterocycles. The largest absolute Gasteiger partial charge is 0.454 e. The van der Waals surface area contributed by atoms with Gasteiger partial charge in [-0.1, -0.05) is 177 Å². The molecule has 1 unspecified atom stereocenters. The van der Waals surface area contributed by atoms with Crippen molar-refractivity contribution < 1.29 is 4.42 Å². The zero-order valence-electron chi connectivity index (χ0n) is 32.9. The Morgan fingerprint density at radius 2 is 1.10 bits per heavy atom. The Hall–Kier alpha value is -7.69. The van der Waals surface area contributed by atoms with Gasteiger partial charge in [-0.25, -0.2) is 15.0 Å². The van der Waals surface area contributed by atoms with Crippen LogP contribution in [0.5, 0.6) is 0 Å². The number of nitrogens with zero attached hydrogens (tertiary/aromatic N) is 3. The summed E-state index contributed by atoms with van der Waals surface area (Å²) in [6.45, 7) is 2.25. The molecule has 3 heterocycles. The molecule has 0 amide bonds. The number of fused-ring (bicyclic) bond motifs is 11. The molecule has 12 rings (SSSR count). The van der Waals surface area contributed by atoms with Gasteiger partial charge in [0.05, 0.1) is 16.9 Å². The molecule has 60 heavy (non-hydrogen) atoms. The number of aromatic nitrogens is 3. The first kappa shape index (κ1) is 34.4. The molecule has 3 aromatic heterocycles. The second kappa shape index (κ2) is 13.7. The van der Waals surface area contributed by atoms with Crippen molar-refractivity contribution >= 4 is 70.7 Å². The van der Waals surface area contributed by atoms with Gasteiger partial charge in [0.2, 0.25) is 0 Å². The third-order valence-corrected chi connectivity index (χ3v) is 12.2. The molecule has 4 nitrogen and oxygen atoms in total. The minimum absolute atomic E-state index is 0.459. The monoisotopic (exact) mass is 767 g/mol. The van der Waals surface area contributed by atoms with Gasteiger partial charge in [-0.15, -0.1) is 0 Å². The first-order chi connectivity index (χ1) is 29.6. The number of pyridine rings is 1. The molecule has 0 saturated carbocycles. The molecule has 1 atom stereocenters. The van der Waals surface area contributed by atoms with Crippen molar-refractivity contribution in [3.8, 4) is 45.0 Å². The minimum Gasteiger partial charge on any atom is -0.454 e. The van der Waals surface area contributed by atoms with Crippen LogP contribution in [0.25, 0.3) is 116 Å². The molecule has 282 valence electrons. The fraction of sp³-hybridized carbons (Fsp3) is 0.0536. The Morgan fingerprint density at radius 1 is 0.483 bits per heavy atom. The van der Waals surface area contributed by atoms with E-state index in [0.717, 1.165) is 89.7 Å². The first-order valence-electron chi connectivity index (χ1n) is 20.7. The van der Waals surface area contributed by atoms with Gasteiger partial charge in [0.1, 0.15) is 11.3 Å². The summed E-state index contributed by atoms with van der Waals surface area (Å²) < 4.78 is 6.74. The third kappa shape index (κ3) is 5.56. The Morgan fingerprint density at radius 3 is 1.85 bits per heavy atom. The van der Waals surface area contributed by atoms with Crippen LogP contribution in [0.15, 0.2) is 193 Å². The molecule has 0 spiro atoms. The molecular weight excluding hydrogens is 731 g/mol. The van der Waals surface area contributed by atoms with Crippen LogP contribution in [-0.2, 0) is 0 Å². The molecule has 0 radical (unpaired) electrons. The predicted octanol–water partition coefficient (Wildman–Crippen LogP) is 15.0. The summed E-state index contributed by atoms with van der Waals surface area (Å²) in [5.41, 5.74) is 11.5. The molecule has 1 aliphatic rings. The van der Waals surface area contributed by atoms with E-state index in [1.54, 1.807) is 0 Å². The van der Waals surface area contributed by atoms with Gasteiger partial charge in [-0.2, -0.15) is 0 Å². The Labute approximate surface area is 346 Å². The summed E-state index contributed by atoms with van der Waals surface area (Å²) in [4.78, 5) is 15.8. The summed E-state index contributed by atoms with van der Waals surface area (Å²) in [7, 11) is 0. The van der Waals surface area contributed by atoms with Crippen molar-refractivity contribution in [3.63, 3.8) is 0 Å². The first-order valence-corrected chi connectivity index (χ1v) is 20.7. The average molecular weight is 768 g/mol. The number of rotatable bonds is 5. The predicted molar refractivity (Wildman–Crippen MR) is 250 cm³/mol. The number of furan rings is 1. The summed E-state index contributed by atoms with van der Waals surface area (Å²) in [5.74, 6) is 1.16. The molecule has 0 bridgehead atoms. The van der Waals surface area contributed by atoms with Gasteiger partial charge in [0, 0.05) is 38.4 Å². The Balaban J connectivity index is 1.04. The lowest BCUT2D eigenvalue weighted by Crippen LogP contribution is -2.01. The molecule has 0 fully saturated rings. The van der Waals surface area contributed by atoms with Gasteiger partial charge in [0.25, 0.3) is 0 Å². The van der Waals surface area contributed by atoms with Crippen LogP contribution in [0.1, 0.15) is 19.0 Å². The van der Waals surface area contributed by atoms with E-state index in [-0.39, 0.29) is 0 Å². The average Bonchev–Trinajstić information content (AvgIpc) is 3.71. The maximum Gasteiger partial charge on any atom is 0.162 e. The van der Waals surface area contributed by atoms with E-state index in [9.17, 15) is 0 Å². The smallest absolute Gasteiger partial charge is 0.162 e. The van der Waals surface area contributed by atoms with Crippen molar-refractivity contribution in [2.45, 2.75) is 13.3 Å². The normalized spacial score (nSPS) is 14.2. The van der Waals surface area contributed by atoms with Crippen molar-refractivity contribution in [1.29, 1.82) is 0 Å². The second-order valence-corrected chi connectivity index (χ2v) is 16.0. The number of hydrogen-bond donors (Lipinski definition) is 0. The minimum atomic E-state index is 0.459. The van der Waals surface area contributed by atoms with E-state index in [0.29, 0.717) is 11.7 Å². The summed E-state index contributed by atoms with van der Waals surface area (Å²) >= 11 is 0. The molecule has 0 N–H and O–H groups in total. The lowest BCUT2D eigenvalue weighted by Gasteiger charge is -2.15. The van der Waals surface area contributed by atoms with Gasteiger partial charge >= 0.3 is 0 Å².